The van der Waals surface area contributed by atoms with Gasteiger partial charge in [-0.25, -0.2) is 0 Å². The first-order valence-corrected chi connectivity index (χ1v) is 4.46. The highest BCUT2D eigenvalue weighted by atomic mass is 31.1. The van der Waals surface area contributed by atoms with Gasteiger partial charge in [-0.05, 0) is 17.7 Å². The highest BCUT2D eigenvalue weighted by molar-refractivity contribution is 7.37. The largest absolute Gasteiger partial charge is 0.416 e. The van der Waals surface area contributed by atoms with Crippen LogP contribution in [0.1, 0.15) is 11.1 Å². The smallest absolute Gasteiger partial charge is 0.269 e. The second kappa shape index (κ2) is 3.93. The van der Waals surface area contributed by atoms with Gasteiger partial charge in [0.1, 0.15) is 0 Å². The number of rotatable bonds is 2. The summed E-state index contributed by atoms with van der Waals surface area (Å²) in [6.07, 6.45) is -4.34. The molecular formula is C9H6F3OP. The van der Waals surface area contributed by atoms with E-state index in [-0.39, 0.29) is 13.8 Å². The molecule has 0 N–H and O–H groups in total. The number of hydrogen-bond donors (Lipinski definition) is 0. The van der Waals surface area contributed by atoms with Crippen LogP contribution < -0.4 is 0 Å². The van der Waals surface area contributed by atoms with Gasteiger partial charge in [0.2, 0.25) is 0 Å². The van der Waals surface area contributed by atoms with Gasteiger partial charge in [0.25, 0.3) is 0 Å². The Morgan fingerprint density at radius 3 is 2.07 bits per heavy atom. The van der Waals surface area contributed by atoms with Crippen molar-refractivity contribution in [2.45, 2.75) is 6.18 Å². The Morgan fingerprint density at radius 2 is 1.71 bits per heavy atom. The molecule has 5 heteroatoms. The molecule has 0 aliphatic heterocycles. The van der Waals surface area contributed by atoms with Gasteiger partial charge >= 0.3 is 6.18 Å². The zero-order valence-corrected chi connectivity index (χ0v) is 7.90. The summed E-state index contributed by atoms with van der Waals surface area (Å²) in [5.74, 6) is 0. The average Bonchev–Trinajstić information content (AvgIpc) is 2.15. The summed E-state index contributed by atoms with van der Waals surface area (Å²) in [5, 5.41) is 0.263. The first-order valence-electron chi connectivity index (χ1n) is 3.65. The Morgan fingerprint density at radius 1 is 1.21 bits per heavy atom. The van der Waals surface area contributed by atoms with Crippen LogP contribution in [0.25, 0.3) is 5.31 Å². The van der Waals surface area contributed by atoms with E-state index in [1.165, 1.54) is 12.1 Å². The maximum absolute atomic E-state index is 12.1. The van der Waals surface area contributed by atoms with Gasteiger partial charge in [-0.15, -0.1) is 0 Å². The Balaban J connectivity index is 3.00. The molecule has 1 aromatic rings. The summed E-state index contributed by atoms with van der Waals surface area (Å²) in [4.78, 5) is 0. The minimum absolute atomic E-state index is 0.263. The van der Waals surface area contributed by atoms with E-state index in [2.05, 4.69) is 6.58 Å². The van der Waals surface area contributed by atoms with Crippen LogP contribution in [-0.4, -0.2) is 0 Å². The van der Waals surface area contributed by atoms with E-state index in [0.717, 1.165) is 12.1 Å². The molecule has 0 atom stereocenters. The van der Waals surface area contributed by atoms with Crippen LogP contribution in [-0.2, 0) is 10.7 Å². The van der Waals surface area contributed by atoms with E-state index in [1.807, 2.05) is 0 Å². The molecule has 0 aliphatic rings. The molecule has 0 saturated heterocycles. The van der Waals surface area contributed by atoms with Crippen molar-refractivity contribution in [3.63, 3.8) is 0 Å². The zero-order valence-electron chi connectivity index (χ0n) is 7.01. The highest BCUT2D eigenvalue weighted by Gasteiger charge is 2.29. The van der Waals surface area contributed by atoms with Crippen molar-refractivity contribution in [1.82, 2.24) is 0 Å². The number of halogens is 3. The van der Waals surface area contributed by atoms with Crippen molar-refractivity contribution < 1.29 is 17.7 Å². The fourth-order valence-electron chi connectivity index (χ4n) is 0.904. The third kappa shape index (κ3) is 2.42. The first kappa shape index (κ1) is 10.9. The molecule has 0 fully saturated rings. The zero-order chi connectivity index (χ0) is 10.8. The maximum Gasteiger partial charge on any atom is 0.416 e. The van der Waals surface area contributed by atoms with Crippen molar-refractivity contribution in [2.75, 3.05) is 0 Å². The molecule has 0 spiro atoms. The van der Waals surface area contributed by atoms with E-state index >= 15 is 0 Å². The van der Waals surface area contributed by atoms with Crippen LogP contribution in [0.5, 0.6) is 0 Å². The SMILES string of the molecule is C=C(P=O)c1ccc(C(F)(F)F)cc1. The second-order valence-electron chi connectivity index (χ2n) is 2.61. The van der Waals surface area contributed by atoms with Gasteiger partial charge in [-0.2, -0.15) is 13.2 Å². The van der Waals surface area contributed by atoms with Gasteiger partial charge in [0, 0.05) is 5.31 Å². The normalized spacial score (nSPS) is 11.6. The number of benzene rings is 1. The monoisotopic (exact) mass is 218 g/mol. The fraction of sp³-hybridized carbons (Fsp3) is 0.111. The quantitative estimate of drug-likeness (QED) is 0.686. The molecule has 14 heavy (non-hydrogen) atoms. The molecule has 0 aromatic heterocycles. The number of alkyl halides is 3. The summed E-state index contributed by atoms with van der Waals surface area (Å²) in [5.41, 5.74) is -0.286. The lowest BCUT2D eigenvalue weighted by molar-refractivity contribution is -0.137. The minimum Gasteiger partial charge on any atom is -0.269 e. The summed E-state index contributed by atoms with van der Waals surface area (Å²) in [6, 6.07) is 4.36. The Hall–Kier alpha value is -1.15. The summed E-state index contributed by atoms with van der Waals surface area (Å²) in [7, 11) is -0.284. The van der Waals surface area contributed by atoms with Crippen molar-refractivity contribution in [2.24, 2.45) is 0 Å². The lowest BCUT2D eigenvalue weighted by atomic mass is 10.1. The molecule has 1 rings (SSSR count). The molecule has 0 bridgehead atoms. The van der Waals surface area contributed by atoms with Gasteiger partial charge in [-0.1, -0.05) is 18.7 Å². The third-order valence-electron chi connectivity index (χ3n) is 1.66. The van der Waals surface area contributed by atoms with Crippen LogP contribution in [0.4, 0.5) is 13.2 Å². The Labute approximate surface area is 80.5 Å². The molecular weight excluding hydrogens is 212 g/mol. The first-order chi connectivity index (χ1) is 6.45. The third-order valence-corrected chi connectivity index (χ3v) is 2.13. The average molecular weight is 218 g/mol. The standard InChI is InChI=1S/C9H6F3OP/c1-6(14-13)7-2-4-8(5-3-7)9(10,11)12/h2-5H,1H2. The van der Waals surface area contributed by atoms with E-state index < -0.39 is 11.7 Å². The predicted octanol–water partition coefficient (Wildman–Crippen LogP) is 3.97. The second-order valence-corrected chi connectivity index (χ2v) is 3.34. The molecule has 0 aliphatic carbocycles. The van der Waals surface area contributed by atoms with E-state index in [0.29, 0.717) is 5.56 Å². The molecule has 74 valence electrons. The Kier molecular flexibility index (Phi) is 3.06. The molecule has 0 amide bonds. The molecule has 1 aromatic carbocycles. The van der Waals surface area contributed by atoms with Crippen LogP contribution in [0, 0.1) is 0 Å². The van der Waals surface area contributed by atoms with Gasteiger partial charge < -0.3 is 0 Å². The van der Waals surface area contributed by atoms with Crippen LogP contribution in [0.15, 0.2) is 30.8 Å². The highest BCUT2D eigenvalue weighted by Crippen LogP contribution is 2.31. The summed E-state index contributed by atoms with van der Waals surface area (Å²) in [6.45, 7) is 3.43. The van der Waals surface area contributed by atoms with Gasteiger partial charge in [0.15, 0.2) is 8.46 Å². The molecule has 0 radical (unpaired) electrons. The lowest BCUT2D eigenvalue weighted by Crippen LogP contribution is -2.04. The van der Waals surface area contributed by atoms with E-state index in [1.54, 1.807) is 0 Å². The van der Waals surface area contributed by atoms with Crippen molar-refractivity contribution in [1.29, 1.82) is 0 Å². The van der Waals surface area contributed by atoms with Crippen molar-refractivity contribution >= 4 is 13.8 Å². The van der Waals surface area contributed by atoms with Gasteiger partial charge in [-0.3, -0.25) is 4.57 Å². The van der Waals surface area contributed by atoms with Crippen LogP contribution in [0.3, 0.4) is 0 Å². The van der Waals surface area contributed by atoms with Crippen LogP contribution in [0.2, 0.25) is 0 Å². The summed E-state index contributed by atoms with van der Waals surface area (Å²) >= 11 is 0. The van der Waals surface area contributed by atoms with Crippen molar-refractivity contribution in [3.05, 3.63) is 42.0 Å². The van der Waals surface area contributed by atoms with E-state index in [9.17, 15) is 17.7 Å². The minimum atomic E-state index is -4.34. The maximum atomic E-state index is 12.1. The topological polar surface area (TPSA) is 17.1 Å². The molecule has 0 heterocycles. The lowest BCUT2D eigenvalue weighted by Gasteiger charge is -2.06. The molecule has 1 nitrogen and oxygen atoms in total. The van der Waals surface area contributed by atoms with E-state index in [4.69, 9.17) is 0 Å². The van der Waals surface area contributed by atoms with Gasteiger partial charge in [0.05, 0.1) is 5.56 Å². The number of hydrogen-bond acceptors (Lipinski definition) is 1. The van der Waals surface area contributed by atoms with Crippen molar-refractivity contribution in [3.8, 4) is 0 Å². The fourth-order valence-corrected chi connectivity index (χ4v) is 1.16. The van der Waals surface area contributed by atoms with Crippen LogP contribution >= 0.6 is 8.46 Å². The summed E-state index contributed by atoms with van der Waals surface area (Å²) < 4.78 is 46.7. The predicted molar refractivity (Wildman–Crippen MR) is 48.1 cm³/mol. The Bertz CT molecular complexity index is 353. The molecule has 0 unspecified atom stereocenters. The molecule has 0 saturated carbocycles.